The highest BCUT2D eigenvalue weighted by Gasteiger charge is 2.21. The molecule has 0 saturated carbocycles. The van der Waals surface area contributed by atoms with E-state index in [1.54, 1.807) is 30.3 Å². The average Bonchev–Trinajstić information content (AvgIpc) is 2.65. The lowest BCUT2D eigenvalue weighted by Crippen LogP contribution is -2.42. The van der Waals surface area contributed by atoms with Crippen LogP contribution in [0.2, 0.25) is 0 Å². The van der Waals surface area contributed by atoms with E-state index >= 15 is 0 Å². The van der Waals surface area contributed by atoms with E-state index in [9.17, 15) is 14.7 Å². The van der Waals surface area contributed by atoms with E-state index in [-0.39, 0.29) is 5.75 Å². The Labute approximate surface area is 155 Å². The molecule has 0 fully saturated rings. The van der Waals surface area contributed by atoms with Gasteiger partial charge >= 0.3 is 5.97 Å². The van der Waals surface area contributed by atoms with Gasteiger partial charge in [-0.05, 0) is 31.2 Å². The van der Waals surface area contributed by atoms with Gasteiger partial charge in [-0.25, -0.2) is 4.79 Å². The van der Waals surface area contributed by atoms with E-state index in [2.05, 4.69) is 10.3 Å². The van der Waals surface area contributed by atoms with Crippen LogP contribution in [0.4, 0.5) is 0 Å². The normalized spacial score (nSPS) is 11.9. The van der Waals surface area contributed by atoms with E-state index in [1.165, 1.54) is 11.8 Å². The van der Waals surface area contributed by atoms with Gasteiger partial charge < -0.3 is 10.4 Å². The number of benzene rings is 2. The Balaban J connectivity index is 1.76. The first-order chi connectivity index (χ1) is 12.5. The van der Waals surface area contributed by atoms with Crippen LogP contribution in [0.25, 0.3) is 10.9 Å². The monoisotopic (exact) mass is 366 g/mol. The number of carbonyl (C=O) groups is 2. The fourth-order valence-electron chi connectivity index (χ4n) is 2.57. The van der Waals surface area contributed by atoms with Crippen molar-refractivity contribution in [1.82, 2.24) is 10.3 Å². The van der Waals surface area contributed by atoms with Crippen LogP contribution in [-0.2, 0) is 4.79 Å². The van der Waals surface area contributed by atoms with E-state index in [4.69, 9.17) is 0 Å². The first-order valence-corrected chi connectivity index (χ1v) is 9.11. The molecular formula is C20H18N2O3S. The van der Waals surface area contributed by atoms with Gasteiger partial charge in [0.05, 0.1) is 5.52 Å². The number of fused-ring (bicyclic) bond motifs is 1. The predicted octanol–water partition coefficient (Wildman–Crippen LogP) is 3.52. The van der Waals surface area contributed by atoms with Crippen molar-refractivity contribution in [3.8, 4) is 0 Å². The number of hydrogen-bond donors (Lipinski definition) is 2. The van der Waals surface area contributed by atoms with Gasteiger partial charge in [0, 0.05) is 27.3 Å². The van der Waals surface area contributed by atoms with Gasteiger partial charge in [0.2, 0.25) is 0 Å². The highest BCUT2D eigenvalue weighted by atomic mass is 32.2. The van der Waals surface area contributed by atoms with Crippen molar-refractivity contribution in [3.05, 3.63) is 71.9 Å². The molecule has 132 valence electrons. The minimum atomic E-state index is -1.06. The largest absolute Gasteiger partial charge is 0.480 e. The van der Waals surface area contributed by atoms with Gasteiger partial charge in [-0.2, -0.15) is 0 Å². The quantitative estimate of drug-likeness (QED) is 0.653. The summed E-state index contributed by atoms with van der Waals surface area (Å²) in [6.07, 6.45) is 0. The summed E-state index contributed by atoms with van der Waals surface area (Å²) in [7, 11) is 0. The number of aryl methyl sites for hydroxylation is 1. The molecule has 1 amide bonds. The molecule has 0 aliphatic rings. The van der Waals surface area contributed by atoms with Crippen molar-refractivity contribution >= 4 is 34.5 Å². The molecular weight excluding hydrogens is 348 g/mol. The molecule has 26 heavy (non-hydrogen) atoms. The molecule has 2 N–H and O–H groups in total. The van der Waals surface area contributed by atoms with Gasteiger partial charge in [0.25, 0.3) is 5.91 Å². The summed E-state index contributed by atoms with van der Waals surface area (Å²) in [6.45, 7) is 1.91. The number of hydrogen-bond acceptors (Lipinski definition) is 4. The second kappa shape index (κ2) is 8.01. The third-order valence-corrected chi connectivity index (χ3v) is 5.00. The van der Waals surface area contributed by atoms with Crippen LogP contribution in [0.3, 0.4) is 0 Å². The number of para-hydroxylation sites is 1. The average molecular weight is 366 g/mol. The van der Waals surface area contributed by atoms with Crippen LogP contribution in [0.1, 0.15) is 16.1 Å². The number of aromatic nitrogens is 1. The summed E-state index contributed by atoms with van der Waals surface area (Å²) in [6, 6.07) is 17.3. The van der Waals surface area contributed by atoms with Gasteiger partial charge in [-0.3, -0.25) is 9.78 Å². The third-order valence-electron chi connectivity index (χ3n) is 3.85. The van der Waals surface area contributed by atoms with Crippen LogP contribution < -0.4 is 5.32 Å². The number of carboxylic acids is 1. The number of rotatable bonds is 6. The van der Waals surface area contributed by atoms with Gasteiger partial charge in [-0.1, -0.05) is 36.4 Å². The number of carboxylic acid groups (broad SMARTS) is 1. The molecule has 0 saturated heterocycles. The molecule has 1 heterocycles. The summed E-state index contributed by atoms with van der Waals surface area (Å²) in [5, 5.41) is 13.0. The molecule has 0 radical (unpaired) electrons. The van der Waals surface area contributed by atoms with Crippen LogP contribution in [0, 0.1) is 6.92 Å². The fourth-order valence-corrected chi connectivity index (χ4v) is 3.72. The van der Waals surface area contributed by atoms with Gasteiger partial charge in [0.15, 0.2) is 0 Å². The second-order valence-corrected chi connectivity index (χ2v) is 6.88. The third kappa shape index (κ3) is 4.21. The summed E-state index contributed by atoms with van der Waals surface area (Å²) in [5.74, 6) is -1.23. The standard InChI is InChI=1S/C20H18N2O3S/c1-13-11-18(15-9-5-6-10-16(15)21-13)26-12-17(20(24)25)22-19(23)14-7-3-2-4-8-14/h2-11,17H,12H2,1H3,(H,22,23)(H,24,25)/t17-/m1/s1. The summed E-state index contributed by atoms with van der Waals surface area (Å²) >= 11 is 1.40. The zero-order valence-electron chi connectivity index (χ0n) is 14.2. The van der Waals surface area contributed by atoms with Crippen molar-refractivity contribution in [1.29, 1.82) is 0 Å². The van der Waals surface area contributed by atoms with Crippen LogP contribution in [-0.4, -0.2) is 33.8 Å². The van der Waals surface area contributed by atoms with Crippen LogP contribution in [0.15, 0.2) is 65.6 Å². The first-order valence-electron chi connectivity index (χ1n) is 8.12. The molecule has 3 rings (SSSR count). The molecule has 5 nitrogen and oxygen atoms in total. The summed E-state index contributed by atoms with van der Waals surface area (Å²) in [4.78, 5) is 29.3. The van der Waals surface area contributed by atoms with Crippen molar-refractivity contribution in [3.63, 3.8) is 0 Å². The lowest BCUT2D eigenvalue weighted by Gasteiger charge is -2.15. The SMILES string of the molecule is Cc1cc(SC[C@@H](NC(=O)c2ccccc2)C(=O)O)c2ccccc2n1. The number of amides is 1. The molecule has 3 aromatic rings. The number of nitrogens with zero attached hydrogens (tertiary/aromatic N) is 1. The lowest BCUT2D eigenvalue weighted by molar-refractivity contribution is -0.138. The molecule has 1 atom stereocenters. The van der Waals surface area contributed by atoms with Gasteiger partial charge in [-0.15, -0.1) is 11.8 Å². The van der Waals surface area contributed by atoms with Crippen molar-refractivity contribution < 1.29 is 14.7 Å². The molecule has 0 spiro atoms. The zero-order chi connectivity index (χ0) is 18.5. The smallest absolute Gasteiger partial charge is 0.327 e. The van der Waals surface area contributed by atoms with Crippen molar-refractivity contribution in [2.45, 2.75) is 17.9 Å². The zero-order valence-corrected chi connectivity index (χ0v) is 15.0. The Bertz CT molecular complexity index is 944. The summed E-state index contributed by atoms with van der Waals surface area (Å²) < 4.78 is 0. The Morgan fingerprint density at radius 3 is 2.54 bits per heavy atom. The number of carbonyl (C=O) groups excluding carboxylic acids is 1. The Kier molecular flexibility index (Phi) is 5.53. The highest BCUT2D eigenvalue weighted by Crippen LogP contribution is 2.28. The number of thioether (sulfide) groups is 1. The highest BCUT2D eigenvalue weighted by molar-refractivity contribution is 7.99. The van der Waals surface area contributed by atoms with E-state index in [0.29, 0.717) is 5.56 Å². The van der Waals surface area contributed by atoms with E-state index < -0.39 is 17.9 Å². The molecule has 0 unspecified atom stereocenters. The summed E-state index contributed by atoms with van der Waals surface area (Å²) in [5.41, 5.74) is 2.18. The second-order valence-electron chi connectivity index (χ2n) is 5.82. The van der Waals surface area contributed by atoms with E-state index in [0.717, 1.165) is 21.5 Å². The molecule has 6 heteroatoms. The number of nitrogens with one attached hydrogen (secondary N) is 1. The molecule has 1 aromatic heterocycles. The van der Waals surface area contributed by atoms with Crippen LogP contribution >= 0.6 is 11.8 Å². The number of aliphatic carboxylic acids is 1. The first kappa shape index (κ1) is 17.9. The maximum absolute atomic E-state index is 12.2. The van der Waals surface area contributed by atoms with E-state index in [1.807, 2.05) is 37.3 Å². The minimum absolute atomic E-state index is 0.224. The van der Waals surface area contributed by atoms with Crippen LogP contribution in [0.5, 0.6) is 0 Å². The molecule has 0 aliphatic carbocycles. The Hall–Kier alpha value is -2.86. The van der Waals surface area contributed by atoms with Crippen molar-refractivity contribution in [2.75, 3.05) is 5.75 Å². The van der Waals surface area contributed by atoms with Crippen molar-refractivity contribution in [2.24, 2.45) is 0 Å². The fraction of sp³-hybridized carbons (Fsp3) is 0.150. The molecule has 2 aromatic carbocycles. The maximum Gasteiger partial charge on any atom is 0.327 e. The Morgan fingerprint density at radius 2 is 1.81 bits per heavy atom. The predicted molar refractivity (Wildman–Crippen MR) is 103 cm³/mol. The minimum Gasteiger partial charge on any atom is -0.480 e. The maximum atomic E-state index is 12.2. The molecule has 0 bridgehead atoms. The lowest BCUT2D eigenvalue weighted by atomic mass is 10.2. The van der Waals surface area contributed by atoms with Gasteiger partial charge in [0.1, 0.15) is 6.04 Å². The number of pyridine rings is 1. The molecule has 0 aliphatic heterocycles. The topological polar surface area (TPSA) is 79.3 Å². The Morgan fingerprint density at radius 1 is 1.12 bits per heavy atom.